The fraction of sp³-hybridized carbons (Fsp3) is 0.632. The Hall–Kier alpha value is -1.59. The van der Waals surface area contributed by atoms with Crippen LogP contribution in [0.25, 0.3) is 0 Å². The number of likely N-dealkylation sites (tertiary alicyclic amines) is 1. The third-order valence-electron chi connectivity index (χ3n) is 4.68. The van der Waals surface area contributed by atoms with Crippen LogP contribution >= 0.6 is 0 Å². The Kier molecular flexibility index (Phi) is 7.06. The molecule has 1 aliphatic rings. The van der Waals surface area contributed by atoms with E-state index in [1.54, 1.807) is 7.11 Å². The monoisotopic (exact) mass is 332 g/mol. The number of nitrogens with zero attached hydrogens (tertiary/aromatic N) is 2. The first-order chi connectivity index (χ1) is 11.5. The summed E-state index contributed by atoms with van der Waals surface area (Å²) in [5.41, 5.74) is 2.42. The Balaban J connectivity index is 1.88. The molecule has 0 saturated carbocycles. The van der Waals surface area contributed by atoms with E-state index in [1.165, 1.54) is 11.1 Å². The molecule has 134 valence electrons. The molecule has 1 aromatic carbocycles. The Morgan fingerprint density at radius 1 is 1.33 bits per heavy atom. The van der Waals surface area contributed by atoms with Crippen molar-refractivity contribution < 1.29 is 4.74 Å². The predicted molar refractivity (Wildman–Crippen MR) is 100 cm³/mol. The zero-order chi connectivity index (χ0) is 17.5. The fourth-order valence-corrected chi connectivity index (χ4v) is 3.17. The molecular formula is C19H32N4O. The van der Waals surface area contributed by atoms with E-state index >= 15 is 0 Å². The van der Waals surface area contributed by atoms with E-state index < -0.39 is 0 Å². The molecule has 0 radical (unpaired) electrons. The molecular weight excluding hydrogens is 300 g/mol. The van der Waals surface area contributed by atoms with E-state index in [0.717, 1.165) is 25.6 Å². The molecule has 2 N–H and O–H groups in total. The van der Waals surface area contributed by atoms with E-state index in [9.17, 15) is 0 Å². The number of hydrogen-bond acceptors (Lipinski definition) is 3. The van der Waals surface area contributed by atoms with Gasteiger partial charge >= 0.3 is 0 Å². The summed E-state index contributed by atoms with van der Waals surface area (Å²) in [7, 11) is 3.55. The van der Waals surface area contributed by atoms with Crippen LogP contribution in [0.2, 0.25) is 0 Å². The molecule has 5 nitrogen and oxygen atoms in total. The third kappa shape index (κ3) is 5.21. The first kappa shape index (κ1) is 18.7. The molecule has 1 fully saturated rings. The number of ether oxygens (including phenoxy) is 1. The summed E-state index contributed by atoms with van der Waals surface area (Å²) in [5, 5.41) is 7.01. The smallest absolute Gasteiger partial charge is 0.191 e. The summed E-state index contributed by atoms with van der Waals surface area (Å²) in [6.45, 7) is 10.4. The van der Waals surface area contributed by atoms with Crippen LogP contribution in [0.3, 0.4) is 0 Å². The summed E-state index contributed by atoms with van der Waals surface area (Å²) >= 11 is 0. The van der Waals surface area contributed by atoms with E-state index in [-0.39, 0.29) is 0 Å². The van der Waals surface area contributed by atoms with Crippen LogP contribution in [0.1, 0.15) is 31.9 Å². The van der Waals surface area contributed by atoms with Gasteiger partial charge in [0.25, 0.3) is 0 Å². The van der Waals surface area contributed by atoms with Gasteiger partial charge in [-0.25, -0.2) is 0 Å². The molecule has 24 heavy (non-hydrogen) atoms. The number of hydrogen-bond donors (Lipinski definition) is 2. The second kappa shape index (κ2) is 9.04. The maximum atomic E-state index is 5.20. The van der Waals surface area contributed by atoms with Gasteiger partial charge in [0.2, 0.25) is 0 Å². The lowest BCUT2D eigenvalue weighted by atomic mass is 10.1. The van der Waals surface area contributed by atoms with E-state index in [1.807, 2.05) is 7.05 Å². The van der Waals surface area contributed by atoms with Gasteiger partial charge in [0.1, 0.15) is 0 Å². The summed E-state index contributed by atoms with van der Waals surface area (Å²) in [5.74, 6) is 1.49. The van der Waals surface area contributed by atoms with Crippen LogP contribution in [0.15, 0.2) is 29.3 Å². The number of methoxy groups -OCH3 is 1. The van der Waals surface area contributed by atoms with E-state index in [0.29, 0.717) is 24.6 Å². The standard InChI is InChI=1S/C19H32N4O/c1-14(2)23-11-15(3)18(12-23)22-19(20-4)21-10-16-7-6-8-17(9-16)13-24-5/h6-9,14-15,18H,10-13H2,1-5H3,(H2,20,21,22). The molecule has 1 aliphatic heterocycles. The van der Waals surface area contributed by atoms with Gasteiger partial charge in [-0.3, -0.25) is 9.89 Å². The Morgan fingerprint density at radius 2 is 2.08 bits per heavy atom. The predicted octanol–water partition coefficient (Wildman–Crippen LogP) is 2.23. The molecule has 0 bridgehead atoms. The third-order valence-corrected chi connectivity index (χ3v) is 4.68. The first-order valence-electron chi connectivity index (χ1n) is 8.81. The minimum absolute atomic E-state index is 0.443. The average molecular weight is 332 g/mol. The number of rotatable bonds is 6. The van der Waals surface area contributed by atoms with Crippen LogP contribution < -0.4 is 10.6 Å². The van der Waals surface area contributed by atoms with Crippen LogP contribution in [0.5, 0.6) is 0 Å². The molecule has 5 heteroatoms. The van der Waals surface area contributed by atoms with Gasteiger partial charge < -0.3 is 15.4 Å². The van der Waals surface area contributed by atoms with Crippen LogP contribution in [-0.2, 0) is 17.9 Å². The van der Waals surface area contributed by atoms with Crippen LogP contribution in [0, 0.1) is 5.92 Å². The zero-order valence-corrected chi connectivity index (χ0v) is 15.7. The van der Waals surface area contributed by atoms with Gasteiger partial charge in [-0.05, 0) is 30.9 Å². The quantitative estimate of drug-likeness (QED) is 0.619. The summed E-state index contributed by atoms with van der Waals surface area (Å²) in [6.07, 6.45) is 0. The lowest BCUT2D eigenvalue weighted by Gasteiger charge is -2.22. The topological polar surface area (TPSA) is 48.9 Å². The van der Waals surface area contributed by atoms with Crippen molar-refractivity contribution in [3.05, 3.63) is 35.4 Å². The number of aliphatic imine (C=N–C) groups is 1. The van der Waals surface area contributed by atoms with Crippen molar-refractivity contribution in [2.75, 3.05) is 27.2 Å². The van der Waals surface area contributed by atoms with Crippen molar-refractivity contribution >= 4 is 5.96 Å². The first-order valence-corrected chi connectivity index (χ1v) is 8.81. The zero-order valence-electron chi connectivity index (χ0n) is 15.7. The number of benzene rings is 1. The molecule has 0 amide bonds. The van der Waals surface area contributed by atoms with Crippen molar-refractivity contribution in [3.8, 4) is 0 Å². The van der Waals surface area contributed by atoms with Crippen molar-refractivity contribution in [3.63, 3.8) is 0 Å². The molecule has 1 saturated heterocycles. The van der Waals surface area contributed by atoms with Crippen molar-refractivity contribution in [2.24, 2.45) is 10.9 Å². The van der Waals surface area contributed by atoms with Crippen LogP contribution in [-0.4, -0.2) is 50.2 Å². The van der Waals surface area contributed by atoms with Gasteiger partial charge in [-0.15, -0.1) is 0 Å². The molecule has 0 spiro atoms. The minimum atomic E-state index is 0.443. The largest absolute Gasteiger partial charge is 0.380 e. The lowest BCUT2D eigenvalue weighted by Crippen LogP contribution is -2.46. The highest BCUT2D eigenvalue weighted by atomic mass is 16.5. The lowest BCUT2D eigenvalue weighted by molar-refractivity contribution is 0.185. The Labute approximate surface area is 146 Å². The summed E-state index contributed by atoms with van der Waals surface area (Å²) in [6, 6.07) is 9.49. The van der Waals surface area contributed by atoms with Gasteiger partial charge in [0.15, 0.2) is 5.96 Å². The SMILES string of the molecule is CN=C(NCc1cccc(COC)c1)NC1CN(C(C)C)CC1C. The van der Waals surface area contributed by atoms with Gasteiger partial charge in [0.05, 0.1) is 6.61 Å². The van der Waals surface area contributed by atoms with Gasteiger partial charge in [-0.1, -0.05) is 31.2 Å². The fourth-order valence-electron chi connectivity index (χ4n) is 3.17. The van der Waals surface area contributed by atoms with E-state index in [4.69, 9.17) is 4.74 Å². The second-order valence-electron chi connectivity index (χ2n) is 6.95. The molecule has 2 unspecified atom stereocenters. The van der Waals surface area contributed by atoms with Crippen molar-refractivity contribution in [2.45, 2.75) is 46.0 Å². The molecule has 2 rings (SSSR count). The van der Waals surface area contributed by atoms with Crippen molar-refractivity contribution in [1.82, 2.24) is 15.5 Å². The Bertz CT molecular complexity index is 544. The van der Waals surface area contributed by atoms with Crippen LogP contribution in [0.4, 0.5) is 0 Å². The number of guanidine groups is 1. The normalized spacial score (nSPS) is 22.2. The Morgan fingerprint density at radius 3 is 2.71 bits per heavy atom. The molecule has 2 atom stereocenters. The molecule has 1 aromatic rings. The van der Waals surface area contributed by atoms with E-state index in [2.05, 4.69) is 65.6 Å². The van der Waals surface area contributed by atoms with Crippen molar-refractivity contribution in [1.29, 1.82) is 0 Å². The highest BCUT2D eigenvalue weighted by Crippen LogP contribution is 2.18. The minimum Gasteiger partial charge on any atom is -0.380 e. The molecule has 0 aromatic heterocycles. The maximum absolute atomic E-state index is 5.20. The highest BCUT2D eigenvalue weighted by Gasteiger charge is 2.31. The molecule has 0 aliphatic carbocycles. The second-order valence-corrected chi connectivity index (χ2v) is 6.95. The number of nitrogens with one attached hydrogen (secondary N) is 2. The molecule has 1 heterocycles. The highest BCUT2D eigenvalue weighted by molar-refractivity contribution is 5.80. The van der Waals surface area contributed by atoms with Gasteiger partial charge in [-0.2, -0.15) is 0 Å². The maximum Gasteiger partial charge on any atom is 0.191 e. The van der Waals surface area contributed by atoms with Gasteiger partial charge in [0, 0.05) is 45.9 Å². The summed E-state index contributed by atoms with van der Waals surface area (Å²) < 4.78 is 5.20. The summed E-state index contributed by atoms with van der Waals surface area (Å²) in [4.78, 5) is 6.90. The average Bonchev–Trinajstić information content (AvgIpc) is 2.93.